The van der Waals surface area contributed by atoms with Crippen LogP contribution in [0.5, 0.6) is 5.88 Å². The molecule has 1 aliphatic carbocycles. The van der Waals surface area contributed by atoms with E-state index in [1.54, 1.807) is 12.1 Å². The molecule has 1 aliphatic heterocycles. The van der Waals surface area contributed by atoms with Gasteiger partial charge in [-0.05, 0) is 31.7 Å². The molecule has 0 amide bonds. The lowest BCUT2D eigenvalue weighted by Gasteiger charge is -2.43. The average molecular weight is 290 g/mol. The Kier molecular flexibility index (Phi) is 4.19. The van der Waals surface area contributed by atoms with Crippen molar-refractivity contribution in [1.82, 2.24) is 10.2 Å². The summed E-state index contributed by atoms with van der Waals surface area (Å²) in [6.45, 7) is 0.681. The van der Waals surface area contributed by atoms with Gasteiger partial charge in [0, 0.05) is 18.6 Å². The third kappa shape index (κ3) is 3.07. The smallest absolute Gasteiger partial charge is 0.233 e. The van der Waals surface area contributed by atoms with E-state index in [-0.39, 0.29) is 17.3 Å². The number of rotatable bonds is 3. The highest BCUT2D eigenvalue weighted by Gasteiger charge is 2.41. The van der Waals surface area contributed by atoms with E-state index in [1.807, 2.05) is 0 Å². The van der Waals surface area contributed by atoms with Gasteiger partial charge in [0.05, 0.1) is 12.7 Å². The maximum Gasteiger partial charge on any atom is 0.233 e. The van der Waals surface area contributed by atoms with Crippen molar-refractivity contribution in [2.75, 3.05) is 13.7 Å². The predicted molar refractivity (Wildman–Crippen MR) is 77.4 cm³/mol. The van der Waals surface area contributed by atoms with Crippen molar-refractivity contribution in [1.29, 1.82) is 0 Å². The first kappa shape index (κ1) is 14.4. The van der Waals surface area contributed by atoms with Crippen LogP contribution < -0.4 is 4.74 Å². The minimum absolute atomic E-state index is 0.0135. The molecule has 0 bridgehead atoms. The molecule has 2 aliphatic rings. The molecule has 1 aromatic rings. The van der Waals surface area contributed by atoms with Crippen LogP contribution in [-0.2, 0) is 4.74 Å². The first-order valence-electron chi connectivity index (χ1n) is 7.78. The maximum absolute atomic E-state index is 12.6. The van der Waals surface area contributed by atoms with Gasteiger partial charge < -0.3 is 9.47 Å². The fraction of sp³-hybridized carbons (Fsp3) is 0.688. The summed E-state index contributed by atoms with van der Waals surface area (Å²) in [6, 6.07) is 3.40. The van der Waals surface area contributed by atoms with Gasteiger partial charge in [-0.2, -0.15) is 0 Å². The van der Waals surface area contributed by atoms with Gasteiger partial charge >= 0.3 is 0 Å². The van der Waals surface area contributed by atoms with E-state index in [9.17, 15) is 4.79 Å². The molecule has 2 heterocycles. The maximum atomic E-state index is 12.6. The van der Waals surface area contributed by atoms with E-state index in [4.69, 9.17) is 9.47 Å². The van der Waals surface area contributed by atoms with Gasteiger partial charge in [0.1, 0.15) is 5.69 Å². The minimum Gasteiger partial charge on any atom is -0.480 e. The molecule has 2 fully saturated rings. The Morgan fingerprint density at radius 2 is 2.10 bits per heavy atom. The van der Waals surface area contributed by atoms with Crippen molar-refractivity contribution in [2.24, 2.45) is 5.92 Å². The number of carbonyl (C=O) groups is 1. The molecule has 0 N–H and O–H groups in total. The zero-order chi connectivity index (χ0) is 14.7. The Bertz CT molecular complexity index is 489. The summed E-state index contributed by atoms with van der Waals surface area (Å²) < 4.78 is 11.0. The number of nitrogens with zero attached hydrogens (tertiary/aromatic N) is 2. The van der Waals surface area contributed by atoms with Crippen LogP contribution in [0.4, 0.5) is 0 Å². The summed E-state index contributed by atoms with van der Waals surface area (Å²) >= 11 is 0. The van der Waals surface area contributed by atoms with Crippen molar-refractivity contribution in [3.8, 4) is 5.88 Å². The normalized spacial score (nSPS) is 24.7. The summed E-state index contributed by atoms with van der Waals surface area (Å²) in [6.07, 6.45) is 7.50. The highest BCUT2D eigenvalue weighted by molar-refractivity contribution is 5.96. The number of methoxy groups -OCH3 is 1. The fourth-order valence-corrected chi connectivity index (χ4v) is 3.57. The van der Waals surface area contributed by atoms with Crippen molar-refractivity contribution in [3.63, 3.8) is 0 Å². The predicted octanol–water partition coefficient (Wildman–Crippen LogP) is 2.80. The molecule has 1 saturated carbocycles. The van der Waals surface area contributed by atoms with Crippen molar-refractivity contribution >= 4 is 5.78 Å². The number of aromatic nitrogens is 2. The number of ketones is 1. The van der Waals surface area contributed by atoms with Gasteiger partial charge in [-0.25, -0.2) is 0 Å². The number of Topliss-reactive ketones (excluding diaryl/α,β-unsaturated/α-hetero) is 1. The van der Waals surface area contributed by atoms with Crippen LogP contribution in [0.25, 0.3) is 0 Å². The second-order valence-corrected chi connectivity index (χ2v) is 6.11. The van der Waals surface area contributed by atoms with Crippen LogP contribution in [0.1, 0.15) is 55.4 Å². The molecule has 1 saturated heterocycles. The summed E-state index contributed by atoms with van der Waals surface area (Å²) in [4.78, 5) is 12.6. The Morgan fingerprint density at radius 3 is 2.76 bits per heavy atom. The summed E-state index contributed by atoms with van der Waals surface area (Å²) in [5.74, 6) is 0.542. The van der Waals surface area contributed by atoms with E-state index in [2.05, 4.69) is 10.2 Å². The first-order valence-corrected chi connectivity index (χ1v) is 7.78. The lowest BCUT2D eigenvalue weighted by atomic mass is 9.74. The van der Waals surface area contributed by atoms with E-state index >= 15 is 0 Å². The highest BCUT2D eigenvalue weighted by Crippen LogP contribution is 2.41. The fourth-order valence-electron chi connectivity index (χ4n) is 3.57. The molecule has 0 aromatic carbocycles. The second kappa shape index (κ2) is 6.10. The van der Waals surface area contributed by atoms with Crippen LogP contribution in [0.2, 0.25) is 0 Å². The van der Waals surface area contributed by atoms with Crippen molar-refractivity contribution in [2.45, 2.75) is 50.5 Å². The molecular formula is C16H22N2O3. The molecule has 21 heavy (non-hydrogen) atoms. The van der Waals surface area contributed by atoms with Crippen LogP contribution in [0.15, 0.2) is 12.1 Å². The third-order valence-electron chi connectivity index (χ3n) is 4.73. The Balaban J connectivity index is 1.71. The number of ether oxygens (including phenoxy) is 2. The highest BCUT2D eigenvalue weighted by atomic mass is 16.5. The lowest BCUT2D eigenvalue weighted by Crippen LogP contribution is -2.43. The van der Waals surface area contributed by atoms with Gasteiger partial charge in [0.25, 0.3) is 0 Å². The quantitative estimate of drug-likeness (QED) is 0.801. The number of carbonyl (C=O) groups excluding carboxylic acids is 1. The standard InChI is InChI=1S/C16H22N2O3/c1-20-14-6-5-13(17-18-14)15(19)12-7-10-21-16(11-12)8-3-2-4-9-16/h5-6,12H,2-4,7-11H2,1H3. The van der Waals surface area contributed by atoms with Crippen LogP contribution in [0, 0.1) is 5.92 Å². The Hall–Kier alpha value is -1.49. The van der Waals surface area contributed by atoms with E-state index < -0.39 is 0 Å². The van der Waals surface area contributed by atoms with Gasteiger partial charge in [0.15, 0.2) is 5.78 Å². The van der Waals surface area contributed by atoms with Crippen LogP contribution in [-0.4, -0.2) is 35.3 Å². The minimum atomic E-state index is -0.0588. The molecular weight excluding hydrogens is 268 g/mol. The SMILES string of the molecule is COc1ccc(C(=O)C2CCOC3(CCCCC3)C2)nn1. The van der Waals surface area contributed by atoms with Gasteiger partial charge in [-0.1, -0.05) is 19.3 Å². The van der Waals surface area contributed by atoms with Gasteiger partial charge in [0.2, 0.25) is 5.88 Å². The molecule has 1 unspecified atom stereocenters. The third-order valence-corrected chi connectivity index (χ3v) is 4.73. The summed E-state index contributed by atoms with van der Waals surface area (Å²) in [7, 11) is 1.54. The topological polar surface area (TPSA) is 61.3 Å². The summed E-state index contributed by atoms with van der Waals surface area (Å²) in [5, 5.41) is 7.89. The monoisotopic (exact) mass is 290 g/mol. The molecule has 1 atom stereocenters. The largest absolute Gasteiger partial charge is 0.480 e. The van der Waals surface area contributed by atoms with Crippen LogP contribution in [0.3, 0.4) is 0 Å². The van der Waals surface area contributed by atoms with Crippen molar-refractivity contribution in [3.05, 3.63) is 17.8 Å². The first-order chi connectivity index (χ1) is 10.2. The van der Waals surface area contributed by atoms with E-state index in [0.29, 0.717) is 18.2 Å². The Labute approximate surface area is 125 Å². The lowest BCUT2D eigenvalue weighted by molar-refractivity contribution is -0.111. The van der Waals surface area contributed by atoms with Crippen LogP contribution >= 0.6 is 0 Å². The molecule has 3 rings (SSSR count). The molecule has 5 heteroatoms. The van der Waals surface area contributed by atoms with Gasteiger partial charge in [-0.15, -0.1) is 10.2 Å². The van der Waals surface area contributed by atoms with Crippen molar-refractivity contribution < 1.29 is 14.3 Å². The average Bonchev–Trinajstić information content (AvgIpc) is 2.55. The second-order valence-electron chi connectivity index (χ2n) is 6.11. The van der Waals surface area contributed by atoms with E-state index in [0.717, 1.165) is 25.7 Å². The molecule has 1 aromatic heterocycles. The molecule has 114 valence electrons. The zero-order valence-corrected chi connectivity index (χ0v) is 12.5. The molecule has 1 spiro atoms. The number of hydrogen-bond donors (Lipinski definition) is 0. The number of hydrogen-bond acceptors (Lipinski definition) is 5. The zero-order valence-electron chi connectivity index (χ0n) is 12.5. The Morgan fingerprint density at radius 1 is 1.29 bits per heavy atom. The molecule has 5 nitrogen and oxygen atoms in total. The van der Waals surface area contributed by atoms with E-state index in [1.165, 1.54) is 26.4 Å². The summed E-state index contributed by atoms with van der Waals surface area (Å²) in [5.41, 5.74) is 0.380. The van der Waals surface area contributed by atoms with Gasteiger partial charge in [-0.3, -0.25) is 4.79 Å². The molecule has 0 radical (unpaired) electrons.